The third-order valence-electron chi connectivity index (χ3n) is 3.46. The highest BCUT2D eigenvalue weighted by Crippen LogP contribution is 2.30. The van der Waals surface area contributed by atoms with Crippen LogP contribution >= 0.6 is 0 Å². The molecule has 1 N–H and O–H groups in total. The maximum absolute atomic E-state index is 12.4. The molecule has 0 aliphatic carbocycles. The summed E-state index contributed by atoms with van der Waals surface area (Å²) in [5, 5.41) is 2.92. The number of aromatic nitrogens is 1. The van der Waals surface area contributed by atoms with Gasteiger partial charge in [-0.1, -0.05) is 6.07 Å². The minimum Gasteiger partial charge on any atom is -0.493 e. The molecule has 6 nitrogen and oxygen atoms in total. The number of ether oxygens (including phenoxy) is 3. The summed E-state index contributed by atoms with van der Waals surface area (Å²) in [5.41, 5.74) is 1.29. The maximum Gasteiger partial charge on any atom is 0.257 e. The number of hydrogen-bond acceptors (Lipinski definition) is 5. The molecular formula is C17H20N2O4. The van der Waals surface area contributed by atoms with Gasteiger partial charge in [0.05, 0.1) is 27.4 Å². The Kier molecular flexibility index (Phi) is 5.41. The van der Waals surface area contributed by atoms with Gasteiger partial charge in [0, 0.05) is 6.20 Å². The van der Waals surface area contributed by atoms with Crippen molar-refractivity contribution in [3.05, 3.63) is 47.7 Å². The van der Waals surface area contributed by atoms with E-state index < -0.39 is 0 Å². The van der Waals surface area contributed by atoms with E-state index in [1.54, 1.807) is 32.5 Å². The average Bonchev–Trinajstić information content (AvgIpc) is 2.60. The lowest BCUT2D eigenvalue weighted by molar-refractivity contribution is 0.0936. The highest BCUT2D eigenvalue weighted by Gasteiger charge is 2.17. The van der Waals surface area contributed by atoms with Gasteiger partial charge in [-0.25, -0.2) is 4.98 Å². The van der Waals surface area contributed by atoms with E-state index >= 15 is 0 Å². The van der Waals surface area contributed by atoms with Gasteiger partial charge in [-0.3, -0.25) is 4.79 Å². The molecule has 122 valence electrons. The molecule has 1 amide bonds. The number of nitrogens with zero attached hydrogens (tertiary/aromatic N) is 1. The Labute approximate surface area is 135 Å². The standard InChI is InChI=1S/C17H20N2O4/c1-11(12-7-8-14(21-2)15(10-12)22-3)19-16(20)13-6-5-9-18-17(13)23-4/h5-11H,1-4H3,(H,19,20). The van der Waals surface area contributed by atoms with Gasteiger partial charge in [0.25, 0.3) is 5.91 Å². The number of amides is 1. The molecule has 23 heavy (non-hydrogen) atoms. The second-order valence-corrected chi connectivity index (χ2v) is 4.87. The Bertz CT molecular complexity index is 688. The molecule has 0 aliphatic rings. The van der Waals surface area contributed by atoms with Crippen molar-refractivity contribution in [3.63, 3.8) is 0 Å². The summed E-state index contributed by atoms with van der Waals surface area (Å²) in [5.74, 6) is 1.30. The van der Waals surface area contributed by atoms with Crippen LogP contribution in [0.3, 0.4) is 0 Å². The van der Waals surface area contributed by atoms with Crippen LogP contribution in [0.1, 0.15) is 28.9 Å². The molecule has 0 saturated carbocycles. The number of carbonyl (C=O) groups excluding carboxylic acids is 1. The highest BCUT2D eigenvalue weighted by molar-refractivity contribution is 5.96. The number of nitrogens with one attached hydrogen (secondary N) is 1. The smallest absolute Gasteiger partial charge is 0.257 e. The minimum atomic E-state index is -0.253. The summed E-state index contributed by atoms with van der Waals surface area (Å²) in [7, 11) is 4.64. The van der Waals surface area contributed by atoms with E-state index in [9.17, 15) is 4.79 Å². The second kappa shape index (κ2) is 7.49. The number of hydrogen-bond donors (Lipinski definition) is 1. The van der Waals surface area contributed by atoms with Crippen LogP contribution in [0.15, 0.2) is 36.5 Å². The van der Waals surface area contributed by atoms with Crippen LogP contribution in [0.5, 0.6) is 17.4 Å². The van der Waals surface area contributed by atoms with Crippen molar-refractivity contribution in [2.45, 2.75) is 13.0 Å². The van der Waals surface area contributed by atoms with E-state index in [1.165, 1.54) is 7.11 Å². The molecular weight excluding hydrogens is 296 g/mol. The summed E-state index contributed by atoms with van der Waals surface area (Å²) in [6, 6.07) is 8.67. The van der Waals surface area contributed by atoms with E-state index in [2.05, 4.69) is 10.3 Å². The van der Waals surface area contributed by atoms with Gasteiger partial charge in [0.2, 0.25) is 5.88 Å². The zero-order valence-corrected chi connectivity index (χ0v) is 13.6. The first-order chi connectivity index (χ1) is 11.1. The molecule has 2 rings (SSSR count). The zero-order chi connectivity index (χ0) is 16.8. The number of pyridine rings is 1. The number of carbonyl (C=O) groups is 1. The van der Waals surface area contributed by atoms with E-state index in [0.717, 1.165) is 5.56 Å². The van der Waals surface area contributed by atoms with Gasteiger partial charge in [0.1, 0.15) is 5.56 Å². The van der Waals surface area contributed by atoms with Gasteiger partial charge in [-0.2, -0.15) is 0 Å². The predicted octanol–water partition coefficient (Wildman–Crippen LogP) is 2.60. The average molecular weight is 316 g/mol. The molecule has 6 heteroatoms. The van der Waals surface area contributed by atoms with Crippen LogP contribution in [0, 0.1) is 0 Å². The molecule has 1 unspecified atom stereocenters. The zero-order valence-electron chi connectivity index (χ0n) is 13.6. The van der Waals surface area contributed by atoms with Crippen molar-refractivity contribution < 1.29 is 19.0 Å². The first-order valence-corrected chi connectivity index (χ1v) is 7.12. The molecule has 1 aromatic carbocycles. The minimum absolute atomic E-state index is 0.216. The van der Waals surface area contributed by atoms with Crippen molar-refractivity contribution >= 4 is 5.91 Å². The normalized spacial score (nSPS) is 11.5. The predicted molar refractivity (Wildman–Crippen MR) is 86.2 cm³/mol. The number of rotatable bonds is 6. The Balaban J connectivity index is 2.18. The lowest BCUT2D eigenvalue weighted by Crippen LogP contribution is -2.27. The second-order valence-electron chi connectivity index (χ2n) is 4.87. The molecule has 0 aliphatic heterocycles. The third kappa shape index (κ3) is 3.71. The molecule has 1 atom stereocenters. The Hall–Kier alpha value is -2.76. The fraction of sp³-hybridized carbons (Fsp3) is 0.294. The maximum atomic E-state index is 12.4. The molecule has 1 aromatic heterocycles. The number of benzene rings is 1. The fourth-order valence-corrected chi connectivity index (χ4v) is 2.21. The molecule has 0 bridgehead atoms. The monoisotopic (exact) mass is 316 g/mol. The van der Waals surface area contributed by atoms with Gasteiger partial charge in [0.15, 0.2) is 11.5 Å². The summed E-state index contributed by atoms with van der Waals surface area (Å²) in [6.45, 7) is 1.89. The largest absolute Gasteiger partial charge is 0.493 e. The lowest BCUT2D eigenvalue weighted by Gasteiger charge is -2.17. The van der Waals surface area contributed by atoms with Gasteiger partial charge in [-0.05, 0) is 36.8 Å². The van der Waals surface area contributed by atoms with E-state index in [4.69, 9.17) is 14.2 Å². The Morgan fingerprint density at radius 1 is 1.09 bits per heavy atom. The SMILES string of the molecule is COc1ccc(C(C)NC(=O)c2cccnc2OC)cc1OC. The molecule has 0 saturated heterocycles. The van der Waals surface area contributed by atoms with Crippen LogP contribution in [-0.2, 0) is 0 Å². The van der Waals surface area contributed by atoms with Crippen molar-refractivity contribution in [3.8, 4) is 17.4 Å². The van der Waals surface area contributed by atoms with Crippen molar-refractivity contribution in [2.75, 3.05) is 21.3 Å². The first-order valence-electron chi connectivity index (χ1n) is 7.12. The fourth-order valence-electron chi connectivity index (χ4n) is 2.21. The third-order valence-corrected chi connectivity index (χ3v) is 3.46. The van der Waals surface area contributed by atoms with Crippen molar-refractivity contribution in [1.82, 2.24) is 10.3 Å². The van der Waals surface area contributed by atoms with Crippen LogP contribution in [0.4, 0.5) is 0 Å². The molecule has 0 spiro atoms. The van der Waals surface area contributed by atoms with Crippen LogP contribution < -0.4 is 19.5 Å². The molecule has 0 radical (unpaired) electrons. The van der Waals surface area contributed by atoms with E-state index in [-0.39, 0.29) is 11.9 Å². The van der Waals surface area contributed by atoms with E-state index in [0.29, 0.717) is 22.9 Å². The van der Waals surface area contributed by atoms with E-state index in [1.807, 2.05) is 25.1 Å². The highest BCUT2D eigenvalue weighted by atomic mass is 16.5. The Morgan fingerprint density at radius 3 is 2.48 bits per heavy atom. The topological polar surface area (TPSA) is 69.7 Å². The van der Waals surface area contributed by atoms with Crippen LogP contribution in [-0.4, -0.2) is 32.2 Å². The van der Waals surface area contributed by atoms with Crippen LogP contribution in [0.2, 0.25) is 0 Å². The summed E-state index contributed by atoms with van der Waals surface area (Å²) >= 11 is 0. The Morgan fingerprint density at radius 2 is 1.83 bits per heavy atom. The molecule has 1 heterocycles. The van der Waals surface area contributed by atoms with Gasteiger partial charge in [-0.15, -0.1) is 0 Å². The first kappa shape index (κ1) is 16.6. The summed E-state index contributed by atoms with van der Waals surface area (Å²) < 4.78 is 15.6. The quantitative estimate of drug-likeness (QED) is 0.887. The van der Waals surface area contributed by atoms with Gasteiger partial charge < -0.3 is 19.5 Å². The molecule has 2 aromatic rings. The number of methoxy groups -OCH3 is 3. The lowest BCUT2D eigenvalue weighted by atomic mass is 10.1. The summed E-state index contributed by atoms with van der Waals surface area (Å²) in [6.07, 6.45) is 1.58. The van der Waals surface area contributed by atoms with Crippen molar-refractivity contribution in [1.29, 1.82) is 0 Å². The van der Waals surface area contributed by atoms with Crippen LogP contribution in [0.25, 0.3) is 0 Å². The van der Waals surface area contributed by atoms with Crippen molar-refractivity contribution in [2.24, 2.45) is 0 Å². The molecule has 0 fully saturated rings. The van der Waals surface area contributed by atoms with Gasteiger partial charge >= 0.3 is 0 Å². The summed E-state index contributed by atoms with van der Waals surface area (Å²) in [4.78, 5) is 16.4.